The molecule has 0 unspecified atom stereocenters. The lowest BCUT2D eigenvalue weighted by Gasteiger charge is -2.20. The van der Waals surface area contributed by atoms with Crippen LogP contribution in [0.15, 0.2) is 55.1 Å². The first-order chi connectivity index (χ1) is 12.9. The quantitative estimate of drug-likeness (QED) is 0.530. The van der Waals surface area contributed by atoms with Crippen LogP contribution in [-0.2, 0) is 16.0 Å². The summed E-state index contributed by atoms with van der Waals surface area (Å²) in [6.45, 7) is 7.88. The molecule has 0 bridgehead atoms. The minimum absolute atomic E-state index is 0.0969. The highest BCUT2D eigenvalue weighted by molar-refractivity contribution is 5.99. The van der Waals surface area contributed by atoms with Crippen LogP contribution in [0.5, 0.6) is 0 Å². The average molecular weight is 371 g/mol. The van der Waals surface area contributed by atoms with Crippen LogP contribution in [0.2, 0.25) is 0 Å². The molecule has 0 aliphatic carbocycles. The fourth-order valence-corrected chi connectivity index (χ4v) is 3.20. The number of carbonyl (C=O) groups is 2. The summed E-state index contributed by atoms with van der Waals surface area (Å²) in [6.07, 6.45) is 5.71. The van der Waals surface area contributed by atoms with Crippen LogP contribution >= 0.6 is 0 Å². The Balaban J connectivity index is 1.96. The van der Waals surface area contributed by atoms with Gasteiger partial charge in [-0.05, 0) is 42.7 Å². The van der Waals surface area contributed by atoms with E-state index in [9.17, 15) is 14.7 Å². The Kier molecular flexibility index (Phi) is 7.80. The lowest BCUT2D eigenvalue weighted by Crippen LogP contribution is -2.39. The summed E-state index contributed by atoms with van der Waals surface area (Å²) in [6, 6.07) is 9.45. The summed E-state index contributed by atoms with van der Waals surface area (Å²) >= 11 is 0. The predicted molar refractivity (Wildman–Crippen MR) is 105 cm³/mol. The molecule has 27 heavy (non-hydrogen) atoms. The number of imide groups is 1. The van der Waals surface area contributed by atoms with Crippen molar-refractivity contribution >= 4 is 12.0 Å². The molecule has 5 heteroatoms. The summed E-state index contributed by atoms with van der Waals surface area (Å²) in [5, 5.41) is 9.90. The second-order valence-corrected chi connectivity index (χ2v) is 7.24. The lowest BCUT2D eigenvalue weighted by atomic mass is 9.89. The molecule has 1 fully saturated rings. The largest absolute Gasteiger partial charge is 0.447 e. The van der Waals surface area contributed by atoms with Crippen LogP contribution < -0.4 is 0 Å². The normalized spacial score (nSPS) is 20.3. The molecule has 2 amide bonds. The maximum absolute atomic E-state index is 12.6. The van der Waals surface area contributed by atoms with Crippen molar-refractivity contribution in [3.05, 3.63) is 60.7 Å². The maximum atomic E-state index is 12.6. The van der Waals surface area contributed by atoms with Gasteiger partial charge in [0.25, 0.3) is 5.91 Å². The summed E-state index contributed by atoms with van der Waals surface area (Å²) in [7, 11) is 0. The van der Waals surface area contributed by atoms with Crippen LogP contribution in [0.1, 0.15) is 32.3 Å². The topological polar surface area (TPSA) is 66.8 Å². The first kappa shape index (κ1) is 20.9. The number of allylic oxidation sites excluding steroid dienone is 1. The molecule has 146 valence electrons. The Labute approximate surface area is 161 Å². The van der Waals surface area contributed by atoms with Crippen molar-refractivity contribution in [3.8, 4) is 0 Å². The highest BCUT2D eigenvalue weighted by Crippen LogP contribution is 2.21. The van der Waals surface area contributed by atoms with Gasteiger partial charge in [0.2, 0.25) is 0 Å². The first-order valence-electron chi connectivity index (χ1n) is 9.43. The molecule has 1 aliphatic heterocycles. The van der Waals surface area contributed by atoms with Gasteiger partial charge in [-0.15, -0.1) is 6.58 Å². The molecule has 0 spiro atoms. The number of ether oxygens (including phenoxy) is 1. The second kappa shape index (κ2) is 10.1. The number of carbonyl (C=O) groups excluding carboxylic acids is 2. The molecule has 2 rings (SSSR count). The fraction of sp³-hybridized carbons (Fsp3) is 0.455. The van der Waals surface area contributed by atoms with Crippen LogP contribution in [0.25, 0.3) is 0 Å². The van der Waals surface area contributed by atoms with E-state index in [1.807, 2.05) is 44.2 Å². The van der Waals surface area contributed by atoms with E-state index in [4.69, 9.17) is 4.74 Å². The van der Waals surface area contributed by atoms with E-state index in [1.54, 1.807) is 12.2 Å². The lowest BCUT2D eigenvalue weighted by molar-refractivity contribution is -0.124. The molecular formula is C22H29NO4. The summed E-state index contributed by atoms with van der Waals surface area (Å²) in [4.78, 5) is 25.8. The van der Waals surface area contributed by atoms with Gasteiger partial charge in [0, 0.05) is 0 Å². The van der Waals surface area contributed by atoms with Gasteiger partial charge < -0.3 is 9.84 Å². The van der Waals surface area contributed by atoms with E-state index in [0.29, 0.717) is 19.3 Å². The smallest absolute Gasteiger partial charge is 0.417 e. The molecule has 1 aromatic rings. The number of aliphatic hydroxyl groups is 1. The Morgan fingerprint density at radius 3 is 2.74 bits per heavy atom. The Hall–Kier alpha value is -2.40. The first-order valence-corrected chi connectivity index (χ1v) is 9.43. The van der Waals surface area contributed by atoms with Gasteiger partial charge in [0.05, 0.1) is 12.1 Å². The van der Waals surface area contributed by atoms with Crippen LogP contribution in [0, 0.1) is 11.8 Å². The summed E-state index contributed by atoms with van der Waals surface area (Å²) in [5.41, 5.74) is 1.06. The van der Waals surface area contributed by atoms with Gasteiger partial charge >= 0.3 is 6.09 Å². The van der Waals surface area contributed by atoms with Crippen molar-refractivity contribution in [2.24, 2.45) is 11.8 Å². The van der Waals surface area contributed by atoms with E-state index in [1.165, 1.54) is 11.0 Å². The summed E-state index contributed by atoms with van der Waals surface area (Å²) < 4.78 is 5.10. The molecule has 1 heterocycles. The van der Waals surface area contributed by atoms with Crippen LogP contribution in [0.4, 0.5) is 4.79 Å². The molecule has 4 atom stereocenters. The molecular weight excluding hydrogens is 342 g/mol. The highest BCUT2D eigenvalue weighted by Gasteiger charge is 2.36. The standard InChI is InChI=1S/C22H29NO4/c1-4-8-20(24)13-17(3)16(2)11-12-21(25)23-19(15-27-22(23)26)14-18-9-6-5-7-10-18/h4-7,9-12,16-17,19-20,24H,1,8,13-15H2,2-3H3/b12-11+/t16-,17-,19+,20-/m1/s1. The molecule has 0 radical (unpaired) electrons. The zero-order valence-electron chi connectivity index (χ0n) is 16.1. The van der Waals surface area contributed by atoms with E-state index < -0.39 is 12.2 Å². The van der Waals surface area contributed by atoms with Crippen molar-refractivity contribution in [1.82, 2.24) is 4.90 Å². The van der Waals surface area contributed by atoms with Gasteiger partial charge in [-0.3, -0.25) is 4.79 Å². The number of nitrogens with zero attached hydrogens (tertiary/aromatic N) is 1. The molecule has 1 N–H and O–H groups in total. The zero-order valence-corrected chi connectivity index (χ0v) is 16.1. The van der Waals surface area contributed by atoms with E-state index in [0.717, 1.165) is 5.56 Å². The average Bonchev–Trinajstić information content (AvgIpc) is 3.00. The number of hydrogen-bond acceptors (Lipinski definition) is 4. The van der Waals surface area contributed by atoms with Crippen molar-refractivity contribution < 1.29 is 19.4 Å². The number of hydrogen-bond donors (Lipinski definition) is 1. The number of benzene rings is 1. The van der Waals surface area contributed by atoms with Crippen molar-refractivity contribution in [1.29, 1.82) is 0 Å². The predicted octanol–water partition coefficient (Wildman–Crippen LogP) is 3.73. The maximum Gasteiger partial charge on any atom is 0.417 e. The van der Waals surface area contributed by atoms with Gasteiger partial charge in [0.1, 0.15) is 6.61 Å². The van der Waals surface area contributed by atoms with Crippen molar-refractivity contribution in [3.63, 3.8) is 0 Å². The zero-order chi connectivity index (χ0) is 19.8. The third-order valence-corrected chi connectivity index (χ3v) is 5.04. The number of amides is 2. The monoisotopic (exact) mass is 371 g/mol. The molecule has 1 aromatic carbocycles. The Bertz CT molecular complexity index is 670. The van der Waals surface area contributed by atoms with Crippen LogP contribution in [-0.4, -0.2) is 40.8 Å². The molecule has 0 aromatic heterocycles. The van der Waals surface area contributed by atoms with E-state index in [2.05, 4.69) is 6.58 Å². The van der Waals surface area contributed by atoms with Gasteiger partial charge in [-0.1, -0.05) is 56.3 Å². The Morgan fingerprint density at radius 2 is 2.07 bits per heavy atom. The number of rotatable bonds is 9. The number of aliphatic hydroxyl groups excluding tert-OH is 1. The van der Waals surface area contributed by atoms with Crippen LogP contribution in [0.3, 0.4) is 0 Å². The van der Waals surface area contributed by atoms with Crippen molar-refractivity contribution in [2.75, 3.05) is 6.61 Å². The summed E-state index contributed by atoms with van der Waals surface area (Å²) in [5.74, 6) is -0.0571. The van der Waals surface area contributed by atoms with Gasteiger partial charge in [-0.25, -0.2) is 9.69 Å². The molecule has 1 aliphatic rings. The molecule has 5 nitrogen and oxygen atoms in total. The minimum Gasteiger partial charge on any atom is -0.447 e. The van der Waals surface area contributed by atoms with Gasteiger partial charge in [-0.2, -0.15) is 0 Å². The Morgan fingerprint density at radius 1 is 1.37 bits per heavy atom. The third kappa shape index (κ3) is 6.07. The van der Waals surface area contributed by atoms with E-state index >= 15 is 0 Å². The van der Waals surface area contributed by atoms with Crippen molar-refractivity contribution in [2.45, 2.75) is 45.3 Å². The molecule has 1 saturated heterocycles. The third-order valence-electron chi connectivity index (χ3n) is 5.04. The number of cyclic esters (lactones) is 1. The fourth-order valence-electron chi connectivity index (χ4n) is 3.20. The minimum atomic E-state index is -0.590. The highest BCUT2D eigenvalue weighted by atomic mass is 16.6. The molecule has 0 saturated carbocycles. The SMILES string of the molecule is C=CC[C@@H](O)C[C@@H](C)[C@H](C)/C=C/C(=O)N1C(=O)OC[C@@H]1Cc1ccccc1. The van der Waals surface area contributed by atoms with Gasteiger partial charge in [0.15, 0.2) is 0 Å². The van der Waals surface area contributed by atoms with E-state index in [-0.39, 0.29) is 30.4 Å². The second-order valence-electron chi connectivity index (χ2n) is 7.24.